The molecule has 0 aromatic carbocycles. The Morgan fingerprint density at radius 3 is 2.56 bits per heavy atom. The number of aliphatic hydroxyl groups excluding tert-OH is 1. The van der Waals surface area contributed by atoms with Gasteiger partial charge in [-0.3, -0.25) is 4.79 Å². The predicted octanol–water partition coefficient (Wildman–Crippen LogP) is 1.27. The van der Waals surface area contributed by atoms with Crippen molar-refractivity contribution in [2.75, 3.05) is 13.2 Å². The lowest BCUT2D eigenvalue weighted by Crippen LogP contribution is -2.47. The number of carbonyl (C=O) groups is 1. The summed E-state index contributed by atoms with van der Waals surface area (Å²) in [5.74, 6) is 0.923. The average molecular weight is 256 g/mol. The topological polar surface area (TPSA) is 75.4 Å². The van der Waals surface area contributed by atoms with E-state index in [1.807, 2.05) is 13.8 Å². The van der Waals surface area contributed by atoms with E-state index in [1.54, 1.807) is 0 Å². The number of hydrogen-bond acceptors (Lipinski definition) is 3. The molecule has 1 aliphatic rings. The van der Waals surface area contributed by atoms with Crippen LogP contribution in [0.3, 0.4) is 0 Å². The minimum absolute atomic E-state index is 0.0494. The van der Waals surface area contributed by atoms with Crippen molar-refractivity contribution >= 4 is 5.91 Å². The Morgan fingerprint density at radius 1 is 1.39 bits per heavy atom. The molecule has 0 aromatic heterocycles. The van der Waals surface area contributed by atoms with Gasteiger partial charge >= 0.3 is 0 Å². The molecule has 1 rings (SSSR count). The number of hydrogen-bond donors (Lipinski definition) is 3. The number of nitrogens with two attached hydrogens (primary N) is 1. The summed E-state index contributed by atoms with van der Waals surface area (Å²) < 4.78 is 0. The van der Waals surface area contributed by atoms with Crippen molar-refractivity contribution in [2.24, 2.45) is 23.5 Å². The van der Waals surface area contributed by atoms with E-state index in [9.17, 15) is 9.90 Å². The smallest absolute Gasteiger partial charge is 0.237 e. The van der Waals surface area contributed by atoms with E-state index in [-0.39, 0.29) is 18.4 Å². The molecular weight excluding hydrogens is 228 g/mol. The fraction of sp³-hybridized carbons (Fsp3) is 0.929. The minimum atomic E-state index is -0.411. The van der Waals surface area contributed by atoms with Gasteiger partial charge in [0, 0.05) is 13.2 Å². The van der Waals surface area contributed by atoms with Gasteiger partial charge in [-0.2, -0.15) is 0 Å². The van der Waals surface area contributed by atoms with Crippen molar-refractivity contribution < 1.29 is 9.90 Å². The first-order chi connectivity index (χ1) is 8.60. The van der Waals surface area contributed by atoms with Gasteiger partial charge in [0.25, 0.3) is 0 Å². The fourth-order valence-electron chi connectivity index (χ4n) is 2.66. The Bertz CT molecular complexity index is 258. The molecule has 0 spiro atoms. The van der Waals surface area contributed by atoms with Gasteiger partial charge in [0.15, 0.2) is 0 Å². The van der Waals surface area contributed by atoms with Crippen LogP contribution in [0, 0.1) is 17.8 Å². The lowest BCUT2D eigenvalue weighted by Gasteiger charge is -2.30. The van der Waals surface area contributed by atoms with E-state index in [1.165, 1.54) is 12.8 Å². The second-order valence-electron chi connectivity index (χ2n) is 5.64. The molecule has 0 saturated heterocycles. The Balaban J connectivity index is 2.36. The van der Waals surface area contributed by atoms with E-state index in [0.717, 1.165) is 19.3 Å². The second kappa shape index (κ2) is 7.74. The lowest BCUT2D eigenvalue weighted by atomic mass is 9.79. The number of nitrogens with one attached hydrogen (secondary N) is 1. The first-order valence-electron chi connectivity index (χ1n) is 7.24. The maximum Gasteiger partial charge on any atom is 0.237 e. The Morgan fingerprint density at radius 2 is 2.00 bits per heavy atom. The van der Waals surface area contributed by atoms with E-state index < -0.39 is 6.04 Å². The summed E-state index contributed by atoms with van der Waals surface area (Å²) in [7, 11) is 0. The highest BCUT2D eigenvalue weighted by Crippen LogP contribution is 2.29. The zero-order valence-electron chi connectivity index (χ0n) is 11.7. The molecule has 4 N–H and O–H groups in total. The molecule has 0 bridgehead atoms. The van der Waals surface area contributed by atoms with Crippen LogP contribution in [-0.2, 0) is 4.79 Å². The molecule has 4 unspecified atom stereocenters. The zero-order valence-corrected chi connectivity index (χ0v) is 11.7. The van der Waals surface area contributed by atoms with Crippen molar-refractivity contribution in [2.45, 2.75) is 52.0 Å². The van der Waals surface area contributed by atoms with Gasteiger partial charge in [-0.05, 0) is 30.6 Å². The molecule has 1 fully saturated rings. The van der Waals surface area contributed by atoms with Crippen molar-refractivity contribution in [3.8, 4) is 0 Å². The molecule has 4 nitrogen and oxygen atoms in total. The average Bonchev–Trinajstić information content (AvgIpc) is 2.43. The van der Waals surface area contributed by atoms with E-state index in [2.05, 4.69) is 5.32 Å². The van der Waals surface area contributed by atoms with Gasteiger partial charge in [0.05, 0.1) is 6.04 Å². The zero-order chi connectivity index (χ0) is 13.5. The van der Waals surface area contributed by atoms with Gasteiger partial charge < -0.3 is 16.2 Å². The summed E-state index contributed by atoms with van der Waals surface area (Å²) in [6.45, 7) is 4.94. The summed E-state index contributed by atoms with van der Waals surface area (Å²) in [6.07, 6.45) is 5.49. The van der Waals surface area contributed by atoms with Crippen molar-refractivity contribution in [3.05, 3.63) is 0 Å². The molecule has 0 heterocycles. The molecule has 18 heavy (non-hydrogen) atoms. The molecule has 106 valence electrons. The molecule has 0 aromatic rings. The summed E-state index contributed by atoms with van der Waals surface area (Å²) >= 11 is 0. The minimum Gasteiger partial charge on any atom is -0.396 e. The van der Waals surface area contributed by atoms with E-state index in [4.69, 9.17) is 5.73 Å². The van der Waals surface area contributed by atoms with Gasteiger partial charge in [0.2, 0.25) is 5.91 Å². The summed E-state index contributed by atoms with van der Waals surface area (Å²) in [4.78, 5) is 11.9. The summed E-state index contributed by atoms with van der Waals surface area (Å²) in [5.41, 5.74) is 5.89. The third-order valence-corrected chi connectivity index (χ3v) is 4.40. The third-order valence-electron chi connectivity index (χ3n) is 4.40. The van der Waals surface area contributed by atoms with Gasteiger partial charge in [0.1, 0.15) is 0 Å². The van der Waals surface area contributed by atoms with Crippen LogP contribution in [-0.4, -0.2) is 30.2 Å². The molecular formula is C14H28N2O2. The standard InChI is InChI=1S/C14H28N2O2/c1-3-10(2)13(15)14(18)16-8-11-6-4-5-7-12(11)9-17/h10-13,17H,3-9,15H2,1-2H3,(H,16,18). The first-order valence-corrected chi connectivity index (χ1v) is 7.24. The maximum atomic E-state index is 11.9. The summed E-state index contributed by atoms with van der Waals surface area (Å²) in [6, 6.07) is -0.411. The van der Waals surface area contributed by atoms with Gasteiger partial charge in [-0.1, -0.05) is 33.1 Å². The van der Waals surface area contributed by atoms with Crippen molar-refractivity contribution in [3.63, 3.8) is 0 Å². The quantitative estimate of drug-likeness (QED) is 0.670. The monoisotopic (exact) mass is 256 g/mol. The second-order valence-corrected chi connectivity index (χ2v) is 5.64. The Kier molecular flexibility index (Phi) is 6.65. The van der Waals surface area contributed by atoms with E-state index >= 15 is 0 Å². The van der Waals surface area contributed by atoms with Crippen LogP contribution in [0.25, 0.3) is 0 Å². The molecule has 1 aliphatic carbocycles. The Hall–Kier alpha value is -0.610. The molecule has 4 atom stereocenters. The van der Waals surface area contributed by atoms with Gasteiger partial charge in [-0.25, -0.2) is 0 Å². The summed E-state index contributed by atoms with van der Waals surface area (Å²) in [5, 5.41) is 12.3. The van der Waals surface area contributed by atoms with Crippen LogP contribution in [0.4, 0.5) is 0 Å². The van der Waals surface area contributed by atoms with Crippen LogP contribution in [0.1, 0.15) is 46.0 Å². The number of carbonyl (C=O) groups excluding carboxylic acids is 1. The number of aliphatic hydroxyl groups is 1. The normalized spacial score (nSPS) is 27.6. The van der Waals surface area contributed by atoms with Gasteiger partial charge in [-0.15, -0.1) is 0 Å². The number of rotatable bonds is 6. The van der Waals surface area contributed by atoms with Crippen LogP contribution < -0.4 is 11.1 Å². The third kappa shape index (κ3) is 4.25. The largest absolute Gasteiger partial charge is 0.396 e. The van der Waals surface area contributed by atoms with Crippen molar-refractivity contribution in [1.82, 2.24) is 5.32 Å². The van der Waals surface area contributed by atoms with E-state index in [0.29, 0.717) is 18.4 Å². The lowest BCUT2D eigenvalue weighted by molar-refractivity contribution is -0.123. The van der Waals surface area contributed by atoms with Crippen molar-refractivity contribution in [1.29, 1.82) is 0 Å². The highest BCUT2D eigenvalue weighted by Gasteiger charge is 2.26. The van der Waals surface area contributed by atoms with Crippen LogP contribution in [0.2, 0.25) is 0 Å². The molecule has 0 aliphatic heterocycles. The highest BCUT2D eigenvalue weighted by molar-refractivity contribution is 5.81. The highest BCUT2D eigenvalue weighted by atomic mass is 16.3. The molecule has 0 radical (unpaired) electrons. The molecule has 4 heteroatoms. The molecule has 1 saturated carbocycles. The Labute approximate surface area is 110 Å². The van der Waals surface area contributed by atoms with Crippen LogP contribution in [0.15, 0.2) is 0 Å². The molecule has 1 amide bonds. The SMILES string of the molecule is CCC(C)C(N)C(=O)NCC1CCCCC1CO. The van der Waals surface area contributed by atoms with Crippen LogP contribution >= 0.6 is 0 Å². The maximum absolute atomic E-state index is 11.9. The first kappa shape index (κ1) is 15.4. The fourth-order valence-corrected chi connectivity index (χ4v) is 2.66. The number of amides is 1. The predicted molar refractivity (Wildman–Crippen MR) is 73.0 cm³/mol. The van der Waals surface area contributed by atoms with Crippen LogP contribution in [0.5, 0.6) is 0 Å².